The van der Waals surface area contributed by atoms with E-state index < -0.39 is 11.7 Å². The van der Waals surface area contributed by atoms with Gasteiger partial charge in [0, 0.05) is 0 Å². The zero-order chi connectivity index (χ0) is 13.8. The lowest BCUT2D eigenvalue weighted by Crippen LogP contribution is -2.29. The van der Waals surface area contributed by atoms with Crippen molar-refractivity contribution < 1.29 is 9.53 Å². The summed E-state index contributed by atoms with van der Waals surface area (Å²) in [5.74, 6) is 0. The van der Waals surface area contributed by atoms with Gasteiger partial charge in [-0.05, 0) is 45.7 Å². The Morgan fingerprint density at radius 1 is 1.33 bits per heavy atom. The number of benzene rings is 1. The summed E-state index contributed by atoms with van der Waals surface area (Å²) in [6, 6.07) is 6.03. The normalized spacial score (nSPS) is 11.6. The van der Waals surface area contributed by atoms with E-state index in [0.29, 0.717) is 0 Å². The molecule has 1 aromatic rings. The first-order valence-corrected chi connectivity index (χ1v) is 5.87. The van der Waals surface area contributed by atoms with Crippen molar-refractivity contribution >= 4 is 12.3 Å². The summed E-state index contributed by atoms with van der Waals surface area (Å²) in [4.78, 5) is 11.3. The molecule has 1 amide bonds. The number of hydrogen-bond acceptors (Lipinski definition) is 3. The minimum absolute atomic E-state index is 0.515. The van der Waals surface area contributed by atoms with E-state index in [4.69, 9.17) is 4.74 Å². The lowest BCUT2D eigenvalue weighted by molar-refractivity contribution is 0.0529. The molecule has 18 heavy (non-hydrogen) atoms. The average Bonchev–Trinajstić information content (AvgIpc) is 2.18. The number of hydrogen-bond donors (Lipinski definition) is 1. The number of ether oxygens (including phenoxy) is 1. The maximum atomic E-state index is 11.3. The number of nitrogens with one attached hydrogen (secondary N) is 1. The molecule has 0 aliphatic carbocycles. The largest absolute Gasteiger partial charge is 0.443 e. The van der Waals surface area contributed by atoms with Crippen molar-refractivity contribution in [1.82, 2.24) is 5.43 Å². The van der Waals surface area contributed by atoms with Crippen LogP contribution in [0.15, 0.2) is 23.3 Å². The highest BCUT2D eigenvalue weighted by Crippen LogP contribution is 2.08. The molecule has 0 saturated heterocycles. The molecule has 1 rings (SSSR count). The van der Waals surface area contributed by atoms with Gasteiger partial charge in [0.15, 0.2) is 0 Å². The van der Waals surface area contributed by atoms with Crippen LogP contribution in [-0.2, 0) is 4.74 Å². The fourth-order valence-corrected chi connectivity index (χ4v) is 1.43. The smallest absolute Gasteiger partial charge is 0.428 e. The van der Waals surface area contributed by atoms with Gasteiger partial charge in [0.1, 0.15) is 5.60 Å². The minimum Gasteiger partial charge on any atom is -0.443 e. The van der Waals surface area contributed by atoms with E-state index in [9.17, 15) is 4.79 Å². The molecular weight excluding hydrogens is 228 g/mol. The first-order chi connectivity index (χ1) is 8.28. The summed E-state index contributed by atoms with van der Waals surface area (Å²) in [5, 5.41) is 3.87. The molecule has 0 heterocycles. The van der Waals surface area contributed by atoms with Gasteiger partial charge in [-0.15, -0.1) is 0 Å². The van der Waals surface area contributed by atoms with E-state index in [-0.39, 0.29) is 0 Å². The first-order valence-electron chi connectivity index (χ1n) is 5.87. The molecule has 0 radical (unpaired) electrons. The molecule has 0 aromatic heterocycles. The lowest BCUT2D eigenvalue weighted by Gasteiger charge is -2.18. The van der Waals surface area contributed by atoms with Crippen molar-refractivity contribution in [1.29, 1.82) is 0 Å². The van der Waals surface area contributed by atoms with E-state index in [1.165, 1.54) is 5.56 Å². The molecule has 0 spiro atoms. The molecule has 0 unspecified atom stereocenters. The Hall–Kier alpha value is -1.84. The number of carbonyl (C=O) groups is 1. The van der Waals surface area contributed by atoms with E-state index in [2.05, 4.69) is 16.6 Å². The van der Waals surface area contributed by atoms with Crippen LogP contribution < -0.4 is 5.43 Å². The molecule has 0 bridgehead atoms. The fraction of sp³-hybridized carbons (Fsp3) is 0.429. The summed E-state index contributed by atoms with van der Waals surface area (Å²) in [5.41, 5.74) is 5.11. The Balaban J connectivity index is 2.58. The second-order valence-corrected chi connectivity index (χ2v) is 5.23. The molecule has 0 fully saturated rings. The molecular formula is C14H20N2O2. The number of carbonyl (C=O) groups excluding carboxylic acids is 1. The van der Waals surface area contributed by atoms with Crippen molar-refractivity contribution in [3.05, 3.63) is 34.9 Å². The molecule has 0 saturated carbocycles. The molecule has 0 aliphatic heterocycles. The third kappa shape index (κ3) is 4.99. The second-order valence-electron chi connectivity index (χ2n) is 5.23. The van der Waals surface area contributed by atoms with Crippen molar-refractivity contribution in [2.45, 2.75) is 40.2 Å². The molecule has 4 nitrogen and oxygen atoms in total. The zero-order valence-corrected chi connectivity index (χ0v) is 11.6. The number of hydrazone groups is 1. The number of amides is 1. The SMILES string of the molecule is Cc1ccc(/C=N/NC(=O)OC(C)(C)C)c(C)c1. The summed E-state index contributed by atoms with van der Waals surface area (Å²) >= 11 is 0. The molecule has 0 atom stereocenters. The van der Waals surface area contributed by atoms with Crippen molar-refractivity contribution in [2.75, 3.05) is 0 Å². The average molecular weight is 248 g/mol. The fourth-order valence-electron chi connectivity index (χ4n) is 1.43. The minimum atomic E-state index is -0.552. The van der Waals surface area contributed by atoms with E-state index in [0.717, 1.165) is 11.1 Å². The third-order valence-electron chi connectivity index (χ3n) is 2.18. The van der Waals surface area contributed by atoms with Crippen LogP contribution in [0.5, 0.6) is 0 Å². The molecule has 1 aromatic carbocycles. The molecule has 4 heteroatoms. The van der Waals surface area contributed by atoms with Gasteiger partial charge in [-0.1, -0.05) is 23.8 Å². The van der Waals surface area contributed by atoms with Gasteiger partial charge in [0.2, 0.25) is 0 Å². The lowest BCUT2D eigenvalue weighted by atomic mass is 10.1. The summed E-state index contributed by atoms with van der Waals surface area (Å²) in [6.07, 6.45) is 1.06. The van der Waals surface area contributed by atoms with E-state index in [1.807, 2.05) is 26.0 Å². The van der Waals surface area contributed by atoms with Gasteiger partial charge in [-0.3, -0.25) is 0 Å². The summed E-state index contributed by atoms with van der Waals surface area (Å²) < 4.78 is 5.06. The van der Waals surface area contributed by atoms with E-state index in [1.54, 1.807) is 27.0 Å². The van der Waals surface area contributed by atoms with Crippen LogP contribution in [0.25, 0.3) is 0 Å². The highest BCUT2D eigenvalue weighted by molar-refractivity contribution is 5.82. The summed E-state index contributed by atoms with van der Waals surface area (Å²) in [6.45, 7) is 9.45. The van der Waals surface area contributed by atoms with Crippen LogP contribution in [0.4, 0.5) is 4.79 Å². The second kappa shape index (κ2) is 5.67. The number of rotatable bonds is 2. The Kier molecular flexibility index (Phi) is 4.48. The van der Waals surface area contributed by atoms with Crippen LogP contribution >= 0.6 is 0 Å². The van der Waals surface area contributed by atoms with Gasteiger partial charge in [0.25, 0.3) is 0 Å². The van der Waals surface area contributed by atoms with Crippen molar-refractivity contribution in [2.24, 2.45) is 5.10 Å². The Labute approximate surface area is 108 Å². The first kappa shape index (κ1) is 14.2. The van der Waals surface area contributed by atoms with Crippen LogP contribution in [0.3, 0.4) is 0 Å². The molecule has 0 aliphatic rings. The Morgan fingerprint density at radius 2 is 2.00 bits per heavy atom. The van der Waals surface area contributed by atoms with Crippen molar-refractivity contribution in [3.63, 3.8) is 0 Å². The van der Waals surface area contributed by atoms with Crippen molar-refractivity contribution in [3.8, 4) is 0 Å². The number of nitrogens with zero attached hydrogens (tertiary/aromatic N) is 1. The van der Waals surface area contributed by atoms with Gasteiger partial charge in [-0.2, -0.15) is 5.10 Å². The van der Waals surface area contributed by atoms with Crippen LogP contribution in [-0.4, -0.2) is 17.9 Å². The van der Waals surface area contributed by atoms with Gasteiger partial charge in [0.05, 0.1) is 6.21 Å². The number of aryl methyl sites for hydroxylation is 2. The molecule has 1 N–H and O–H groups in total. The maximum Gasteiger partial charge on any atom is 0.428 e. The monoisotopic (exact) mass is 248 g/mol. The van der Waals surface area contributed by atoms with Crippen LogP contribution in [0.1, 0.15) is 37.5 Å². The van der Waals surface area contributed by atoms with Gasteiger partial charge in [-0.25, -0.2) is 10.2 Å². The highest BCUT2D eigenvalue weighted by Gasteiger charge is 2.15. The topological polar surface area (TPSA) is 50.7 Å². The quantitative estimate of drug-likeness (QED) is 0.645. The Morgan fingerprint density at radius 3 is 2.56 bits per heavy atom. The van der Waals surface area contributed by atoms with E-state index >= 15 is 0 Å². The summed E-state index contributed by atoms with van der Waals surface area (Å²) in [7, 11) is 0. The predicted molar refractivity (Wildman–Crippen MR) is 72.9 cm³/mol. The van der Waals surface area contributed by atoms with Gasteiger partial charge < -0.3 is 4.74 Å². The predicted octanol–water partition coefficient (Wildman–Crippen LogP) is 3.16. The maximum absolute atomic E-state index is 11.3. The highest BCUT2D eigenvalue weighted by atomic mass is 16.6. The molecule has 98 valence electrons. The Bertz CT molecular complexity index is 459. The van der Waals surface area contributed by atoms with Gasteiger partial charge >= 0.3 is 6.09 Å². The standard InChI is InChI=1S/C14H20N2O2/c1-10-6-7-12(11(2)8-10)9-15-16-13(17)18-14(3,4)5/h6-9H,1-5H3,(H,16,17)/b15-9+. The third-order valence-corrected chi connectivity index (χ3v) is 2.18. The van der Waals surface area contributed by atoms with Crippen LogP contribution in [0, 0.1) is 13.8 Å². The van der Waals surface area contributed by atoms with Crippen LogP contribution in [0.2, 0.25) is 0 Å². The zero-order valence-electron chi connectivity index (χ0n) is 11.6.